The molecule has 0 unspecified atom stereocenters. The van der Waals surface area contributed by atoms with E-state index in [1.807, 2.05) is 0 Å². The van der Waals surface area contributed by atoms with Crippen LogP contribution in [0.2, 0.25) is 0 Å². The third kappa shape index (κ3) is 9.60. The molecule has 2 aromatic rings. The topological polar surface area (TPSA) is 115 Å². The summed E-state index contributed by atoms with van der Waals surface area (Å²) in [5.41, 5.74) is -12.2. The number of rotatable bonds is 11. The van der Waals surface area contributed by atoms with E-state index < -0.39 is 50.0 Å². The highest BCUT2D eigenvalue weighted by molar-refractivity contribution is 8.29. The van der Waals surface area contributed by atoms with Gasteiger partial charge in [-0.3, -0.25) is 25.3 Å². The summed E-state index contributed by atoms with van der Waals surface area (Å²) >= 11 is 0. The number of nitrogens with zero attached hydrogens (tertiary/aromatic N) is 4. The van der Waals surface area contributed by atoms with Crippen molar-refractivity contribution in [3.8, 4) is 0 Å². The number of hydrogen-bond acceptors (Lipinski definition) is 8. The molecule has 0 aromatic heterocycles. The summed E-state index contributed by atoms with van der Waals surface area (Å²) in [7, 11) is -21.9. The van der Waals surface area contributed by atoms with Crippen molar-refractivity contribution in [2.45, 2.75) is 57.1 Å². The number of fused-ring (bicyclic) bond motifs is 1. The molecule has 0 saturated carbocycles. The Kier molecular flexibility index (Phi) is 14.3. The van der Waals surface area contributed by atoms with Crippen molar-refractivity contribution in [1.82, 2.24) is 4.58 Å². The van der Waals surface area contributed by atoms with Gasteiger partial charge in [-0.05, 0) is 58.4 Å². The van der Waals surface area contributed by atoms with Gasteiger partial charge < -0.3 is 9.80 Å². The Labute approximate surface area is 319 Å². The maximum absolute atomic E-state index is 12.0. The third-order valence-electron chi connectivity index (χ3n) is 8.72. The molecule has 2 aliphatic rings. The summed E-state index contributed by atoms with van der Waals surface area (Å²) < 4.78 is 172. The first-order valence-electron chi connectivity index (χ1n) is 16.9. The maximum Gasteiger partial charge on any atom is 0.470 e. The summed E-state index contributed by atoms with van der Waals surface area (Å²) in [6.07, 6.45) is 9.32. The summed E-state index contributed by atoms with van der Waals surface area (Å²) in [5, 5.41) is 0. The minimum absolute atomic E-state index is 1.02. The lowest BCUT2D eigenvalue weighted by molar-refractivity contribution is -0.499. The van der Waals surface area contributed by atoms with Crippen molar-refractivity contribution in [1.29, 1.82) is 0 Å². The monoisotopic (exact) mass is 867 g/mol. The number of anilines is 2. The zero-order valence-electron chi connectivity index (χ0n) is 30.7. The van der Waals surface area contributed by atoms with Crippen LogP contribution in [0.25, 0.3) is 0 Å². The molecule has 1 aliphatic carbocycles. The van der Waals surface area contributed by atoms with E-state index >= 15 is 0 Å². The number of hydrogen-bond donors (Lipinski definition) is 0. The highest BCUT2D eigenvalue weighted by Crippen LogP contribution is 2.47. The molecule has 0 fully saturated rings. The van der Waals surface area contributed by atoms with Crippen LogP contribution in [-0.4, -0.2) is 97.5 Å². The molecule has 0 amide bonds. The predicted molar refractivity (Wildman–Crippen MR) is 197 cm³/mol. The van der Waals surface area contributed by atoms with Crippen LogP contribution in [0.3, 0.4) is 0 Å². The average Bonchev–Trinajstić information content (AvgIpc) is 3.09. The molecule has 0 radical (unpaired) electrons. The number of sulfone groups is 3. The Morgan fingerprint density at radius 1 is 0.625 bits per heavy atom. The van der Waals surface area contributed by atoms with Crippen LogP contribution in [0.4, 0.5) is 62.3 Å². The number of alkyl halides is 9. The standard InChI is InChI=1S/C30H40N4.C4F9O6S3/c1-6-32(7-2)25-12-16-27(17-13-25)34(28-18-14-26(15-19-28)33(8-3)9-4)29-20-21-30-24(23-29)11-10-22-31(30)5;5-2(6,7)20(14,15)1(21(16,17)3(8,9)10)22(18,19)4(11,12)13/h12-21,23H,6-11,22H2,1-5H3;/q+2;-1. The lowest BCUT2D eigenvalue weighted by atomic mass is 9.94. The fourth-order valence-electron chi connectivity index (χ4n) is 5.88. The van der Waals surface area contributed by atoms with Crippen LogP contribution in [0.15, 0.2) is 72.3 Å². The number of halogens is 9. The van der Waals surface area contributed by atoms with E-state index in [1.54, 1.807) is 0 Å². The van der Waals surface area contributed by atoms with E-state index in [9.17, 15) is 64.8 Å². The van der Waals surface area contributed by atoms with E-state index in [0.29, 0.717) is 0 Å². The first-order valence-corrected chi connectivity index (χ1v) is 21.3. The molecule has 1 aliphatic heterocycles. The van der Waals surface area contributed by atoms with Crippen molar-refractivity contribution >= 4 is 63.7 Å². The average molecular weight is 868 g/mol. The van der Waals surface area contributed by atoms with Crippen molar-refractivity contribution in [2.24, 2.45) is 0 Å². The summed E-state index contributed by atoms with van der Waals surface area (Å²) in [4.78, 5) is 4.78. The minimum Gasteiger partial charge on any atom is -0.372 e. The molecule has 0 atom stereocenters. The highest BCUT2D eigenvalue weighted by atomic mass is 32.3. The first-order chi connectivity index (χ1) is 25.7. The number of allylic oxidation sites excluding steroid dienone is 4. The van der Waals surface area contributed by atoms with Crippen LogP contribution in [-0.2, 0) is 29.5 Å². The molecule has 0 bridgehead atoms. The summed E-state index contributed by atoms with van der Waals surface area (Å²) in [6.45, 7) is 14.1. The van der Waals surface area contributed by atoms with Crippen LogP contribution in [0.5, 0.6) is 0 Å². The van der Waals surface area contributed by atoms with Crippen molar-refractivity contribution in [2.75, 3.05) is 49.6 Å². The van der Waals surface area contributed by atoms with E-state index in [1.165, 1.54) is 46.2 Å². The van der Waals surface area contributed by atoms with E-state index in [0.717, 1.165) is 39.1 Å². The normalized spacial score (nSPS) is 15.6. The molecule has 22 heteroatoms. The fraction of sp³-hybridized carbons (Fsp3) is 0.441. The van der Waals surface area contributed by atoms with Crippen LogP contribution < -0.4 is 14.4 Å². The van der Waals surface area contributed by atoms with Gasteiger partial charge in [0.05, 0.1) is 3.91 Å². The molecular weight excluding hydrogens is 828 g/mol. The molecule has 4 rings (SSSR count). The fourth-order valence-corrected chi connectivity index (χ4v) is 11.6. The third-order valence-corrected chi connectivity index (χ3v) is 15.8. The van der Waals surface area contributed by atoms with Crippen LogP contribution in [0, 0.1) is 3.91 Å². The van der Waals surface area contributed by atoms with Gasteiger partial charge in [0.2, 0.25) is 22.8 Å². The predicted octanol–water partition coefficient (Wildman–Crippen LogP) is 7.27. The first kappa shape index (κ1) is 46.5. The lowest BCUT2D eigenvalue weighted by Crippen LogP contribution is -2.47. The number of benzene rings is 2. The van der Waals surface area contributed by atoms with E-state index in [4.69, 9.17) is 0 Å². The van der Waals surface area contributed by atoms with Gasteiger partial charge in [0.15, 0.2) is 29.5 Å². The van der Waals surface area contributed by atoms with Crippen molar-refractivity contribution in [3.05, 3.63) is 76.2 Å². The molecule has 56 heavy (non-hydrogen) atoms. The Balaban J connectivity index is 0.000000333. The Morgan fingerprint density at radius 3 is 1.30 bits per heavy atom. The molecular formula is C34H40F9N4O6S3+. The van der Waals surface area contributed by atoms with Gasteiger partial charge in [0.25, 0.3) is 0 Å². The quantitative estimate of drug-likeness (QED) is 0.100. The Hall–Kier alpha value is -3.92. The Morgan fingerprint density at radius 2 is 0.982 bits per heavy atom. The van der Waals surface area contributed by atoms with Gasteiger partial charge in [-0.25, -0.2) is 4.58 Å². The summed E-state index contributed by atoms with van der Waals surface area (Å²) in [5.74, 6) is 0. The molecule has 2 aromatic carbocycles. The maximum atomic E-state index is 12.0. The zero-order chi connectivity index (χ0) is 42.7. The molecule has 0 N–H and O–H groups in total. The highest BCUT2D eigenvalue weighted by Gasteiger charge is 2.63. The Bertz CT molecular complexity index is 2030. The van der Waals surface area contributed by atoms with Gasteiger partial charge >= 0.3 is 16.5 Å². The van der Waals surface area contributed by atoms with Gasteiger partial charge in [0.1, 0.15) is 13.6 Å². The van der Waals surface area contributed by atoms with Gasteiger partial charge in [0, 0.05) is 92.0 Å². The SMILES string of the molecule is CCN(CC)c1ccc([N+](=C2C=CC3=[N+](C)CCCC3=C2)c2ccc(N(CC)CC)cc2)cc1.O=S(=O)([C-](S(=O)(=O)C(F)(F)F)S(=O)(=O)C(F)(F)F)C(F)(F)F. The van der Waals surface area contributed by atoms with E-state index in [2.05, 4.69) is 120 Å². The van der Waals surface area contributed by atoms with E-state index in [-0.39, 0.29) is 0 Å². The van der Waals surface area contributed by atoms with Crippen molar-refractivity contribution < 1.29 is 69.3 Å². The van der Waals surface area contributed by atoms with Gasteiger partial charge in [-0.2, -0.15) is 44.1 Å². The summed E-state index contributed by atoms with van der Waals surface area (Å²) in [6, 6.07) is 18.1. The molecule has 0 spiro atoms. The minimum atomic E-state index is -8.02. The molecule has 312 valence electrons. The second-order valence-corrected chi connectivity index (χ2v) is 18.6. The molecule has 10 nitrogen and oxygen atoms in total. The van der Waals surface area contributed by atoms with Crippen molar-refractivity contribution in [3.63, 3.8) is 0 Å². The second-order valence-electron chi connectivity index (χ2n) is 12.1. The zero-order valence-corrected chi connectivity index (χ0v) is 33.1. The second kappa shape index (κ2) is 17.3. The largest absolute Gasteiger partial charge is 0.470 e. The molecule has 1 heterocycles. The lowest BCUT2D eigenvalue weighted by Gasteiger charge is -2.31. The smallest absolute Gasteiger partial charge is 0.372 e. The van der Waals surface area contributed by atoms with Gasteiger partial charge in [-0.15, -0.1) is 0 Å². The van der Waals surface area contributed by atoms with Gasteiger partial charge in [-0.1, -0.05) is 0 Å². The molecule has 0 saturated heterocycles. The van der Waals surface area contributed by atoms with Crippen LogP contribution in [0.1, 0.15) is 40.5 Å². The van der Waals surface area contributed by atoms with Crippen LogP contribution >= 0.6 is 0 Å².